The molecule has 0 aliphatic carbocycles. The lowest BCUT2D eigenvalue weighted by molar-refractivity contribution is 0.0491. The lowest BCUT2D eigenvalue weighted by atomic mass is 9.67. The van der Waals surface area contributed by atoms with E-state index in [1.165, 1.54) is 38.5 Å². The van der Waals surface area contributed by atoms with Crippen molar-refractivity contribution >= 4 is 0 Å². The van der Waals surface area contributed by atoms with Gasteiger partial charge < -0.3 is 4.90 Å². The summed E-state index contributed by atoms with van der Waals surface area (Å²) in [5.41, 5.74) is 0.613. The van der Waals surface area contributed by atoms with Crippen LogP contribution in [0.3, 0.4) is 0 Å². The molecule has 0 spiro atoms. The van der Waals surface area contributed by atoms with Gasteiger partial charge in [-0.1, -0.05) is 47.5 Å². The van der Waals surface area contributed by atoms with Crippen LogP contribution in [0.2, 0.25) is 0 Å². The van der Waals surface area contributed by atoms with Crippen LogP contribution in [0, 0.1) is 11.3 Å². The van der Waals surface area contributed by atoms with E-state index < -0.39 is 0 Å². The number of piperidine rings is 1. The fourth-order valence-electron chi connectivity index (χ4n) is 3.81. The van der Waals surface area contributed by atoms with Crippen LogP contribution in [-0.4, -0.2) is 24.0 Å². The maximum Gasteiger partial charge on any atom is 0.00985 e. The summed E-state index contributed by atoms with van der Waals surface area (Å²) in [4.78, 5) is 2.66. The number of fused-ring (bicyclic) bond motifs is 2. The van der Waals surface area contributed by atoms with E-state index in [4.69, 9.17) is 0 Å². The maximum atomic E-state index is 2.66. The van der Waals surface area contributed by atoms with Crippen LogP contribution in [0.4, 0.5) is 0 Å². The van der Waals surface area contributed by atoms with Crippen molar-refractivity contribution in [2.24, 2.45) is 11.3 Å². The Morgan fingerprint density at radius 2 is 1.41 bits per heavy atom. The summed E-state index contributed by atoms with van der Waals surface area (Å²) in [5, 5.41) is 0. The zero-order valence-corrected chi connectivity index (χ0v) is 12.9. The second kappa shape index (κ2) is 6.22. The standard InChI is InChI=1S/C14H27N.C2H6/c1-5-14(3,6-2)11-9-12-7-8-13(10-11)15(12)4;1-2/h11-13H,5-10H2,1-4H3;1-2H3. The van der Waals surface area contributed by atoms with Crippen LogP contribution in [-0.2, 0) is 0 Å². The molecule has 0 amide bonds. The average Bonchev–Trinajstić information content (AvgIpc) is 2.62. The lowest BCUT2D eigenvalue weighted by Crippen LogP contribution is -2.44. The van der Waals surface area contributed by atoms with Crippen molar-refractivity contribution in [3.05, 3.63) is 0 Å². The normalized spacial score (nSPS) is 33.2. The summed E-state index contributed by atoms with van der Waals surface area (Å²) in [6.07, 6.45) is 8.56. The molecule has 2 bridgehead atoms. The number of hydrogen-bond donors (Lipinski definition) is 0. The third-order valence-corrected chi connectivity index (χ3v) is 5.70. The number of rotatable bonds is 3. The Bertz CT molecular complexity index is 206. The van der Waals surface area contributed by atoms with Gasteiger partial charge in [0.15, 0.2) is 0 Å². The highest BCUT2D eigenvalue weighted by molar-refractivity contribution is 4.97. The molecule has 1 nitrogen and oxygen atoms in total. The molecule has 2 rings (SSSR count). The molecule has 0 N–H and O–H groups in total. The predicted molar refractivity (Wildman–Crippen MR) is 77.3 cm³/mol. The quantitative estimate of drug-likeness (QED) is 0.689. The van der Waals surface area contributed by atoms with Gasteiger partial charge in [-0.2, -0.15) is 0 Å². The lowest BCUT2D eigenvalue weighted by Gasteiger charge is -2.45. The molecule has 2 aliphatic heterocycles. The molecule has 2 saturated heterocycles. The molecule has 0 saturated carbocycles. The highest BCUT2D eigenvalue weighted by atomic mass is 15.2. The van der Waals surface area contributed by atoms with Crippen LogP contribution in [0.15, 0.2) is 0 Å². The van der Waals surface area contributed by atoms with E-state index in [2.05, 4.69) is 32.7 Å². The third kappa shape index (κ3) is 2.86. The van der Waals surface area contributed by atoms with Crippen molar-refractivity contribution in [1.29, 1.82) is 0 Å². The van der Waals surface area contributed by atoms with E-state index in [0.717, 1.165) is 18.0 Å². The van der Waals surface area contributed by atoms with Gasteiger partial charge in [0.25, 0.3) is 0 Å². The number of hydrogen-bond acceptors (Lipinski definition) is 1. The van der Waals surface area contributed by atoms with E-state index in [9.17, 15) is 0 Å². The number of nitrogens with zero attached hydrogens (tertiary/aromatic N) is 1. The minimum atomic E-state index is 0.613. The molecule has 2 heterocycles. The molecule has 2 atom stereocenters. The molecule has 102 valence electrons. The fraction of sp³-hybridized carbons (Fsp3) is 1.00. The highest BCUT2D eigenvalue weighted by Crippen LogP contribution is 2.47. The minimum absolute atomic E-state index is 0.613. The van der Waals surface area contributed by atoms with E-state index in [0.29, 0.717) is 5.41 Å². The Labute approximate surface area is 109 Å². The monoisotopic (exact) mass is 239 g/mol. The Morgan fingerprint density at radius 3 is 1.76 bits per heavy atom. The Balaban J connectivity index is 0.000000686. The van der Waals surface area contributed by atoms with E-state index in [-0.39, 0.29) is 0 Å². The smallest absolute Gasteiger partial charge is 0.00985 e. The minimum Gasteiger partial charge on any atom is -0.300 e. The van der Waals surface area contributed by atoms with Gasteiger partial charge >= 0.3 is 0 Å². The van der Waals surface area contributed by atoms with Gasteiger partial charge in [0.2, 0.25) is 0 Å². The summed E-state index contributed by atoms with van der Waals surface area (Å²) in [5.74, 6) is 0.987. The maximum absolute atomic E-state index is 2.66. The van der Waals surface area contributed by atoms with Gasteiger partial charge in [0.05, 0.1) is 0 Å². The first-order valence-corrected chi connectivity index (χ1v) is 7.82. The summed E-state index contributed by atoms with van der Waals surface area (Å²) in [6.45, 7) is 11.3. The summed E-state index contributed by atoms with van der Waals surface area (Å²) in [6, 6.07) is 1.82. The highest BCUT2D eigenvalue weighted by Gasteiger charge is 2.43. The molecule has 2 unspecified atom stereocenters. The summed E-state index contributed by atoms with van der Waals surface area (Å²) < 4.78 is 0. The second-order valence-corrected chi connectivity index (χ2v) is 6.08. The topological polar surface area (TPSA) is 3.24 Å². The first-order valence-electron chi connectivity index (χ1n) is 7.82. The van der Waals surface area contributed by atoms with Crippen LogP contribution in [0.1, 0.15) is 73.1 Å². The Kier molecular flexibility index (Phi) is 5.50. The zero-order valence-electron chi connectivity index (χ0n) is 12.9. The largest absolute Gasteiger partial charge is 0.300 e. The molecule has 2 fully saturated rings. The molecular formula is C16H33N. The molecule has 17 heavy (non-hydrogen) atoms. The van der Waals surface area contributed by atoms with E-state index in [1.807, 2.05) is 13.8 Å². The Hall–Kier alpha value is -0.0400. The van der Waals surface area contributed by atoms with Gasteiger partial charge in [-0.05, 0) is 44.1 Å². The van der Waals surface area contributed by atoms with Crippen molar-refractivity contribution in [3.8, 4) is 0 Å². The first kappa shape index (κ1) is 15.0. The molecular weight excluding hydrogens is 206 g/mol. The van der Waals surface area contributed by atoms with Gasteiger partial charge in [-0.25, -0.2) is 0 Å². The van der Waals surface area contributed by atoms with E-state index >= 15 is 0 Å². The third-order valence-electron chi connectivity index (χ3n) is 5.70. The summed E-state index contributed by atoms with van der Waals surface area (Å²) >= 11 is 0. The van der Waals surface area contributed by atoms with Crippen LogP contribution >= 0.6 is 0 Å². The van der Waals surface area contributed by atoms with Crippen LogP contribution < -0.4 is 0 Å². The predicted octanol–water partition coefficient (Wildman–Crippen LogP) is 4.71. The zero-order chi connectivity index (χ0) is 13.1. The fourth-order valence-corrected chi connectivity index (χ4v) is 3.81. The molecule has 0 aromatic carbocycles. The SMILES string of the molecule is CC.CCC(C)(CC)C1CC2CCC(C1)N2C. The molecule has 2 aliphatic rings. The van der Waals surface area contributed by atoms with Crippen LogP contribution in [0.25, 0.3) is 0 Å². The molecule has 0 aromatic heterocycles. The first-order chi connectivity index (χ1) is 8.10. The van der Waals surface area contributed by atoms with Crippen molar-refractivity contribution in [1.82, 2.24) is 4.90 Å². The molecule has 0 radical (unpaired) electrons. The van der Waals surface area contributed by atoms with Crippen molar-refractivity contribution in [3.63, 3.8) is 0 Å². The van der Waals surface area contributed by atoms with Gasteiger partial charge in [0, 0.05) is 12.1 Å². The summed E-state index contributed by atoms with van der Waals surface area (Å²) in [7, 11) is 2.34. The van der Waals surface area contributed by atoms with Crippen molar-refractivity contribution in [2.75, 3.05) is 7.05 Å². The van der Waals surface area contributed by atoms with E-state index in [1.54, 1.807) is 0 Å². The Morgan fingerprint density at radius 1 is 1.00 bits per heavy atom. The van der Waals surface area contributed by atoms with Gasteiger partial charge in [0.1, 0.15) is 0 Å². The van der Waals surface area contributed by atoms with Crippen molar-refractivity contribution in [2.45, 2.75) is 85.2 Å². The second-order valence-electron chi connectivity index (χ2n) is 6.08. The van der Waals surface area contributed by atoms with Gasteiger partial charge in [-0.15, -0.1) is 0 Å². The molecule has 1 heteroatoms. The van der Waals surface area contributed by atoms with Crippen LogP contribution in [0.5, 0.6) is 0 Å². The van der Waals surface area contributed by atoms with Gasteiger partial charge in [-0.3, -0.25) is 0 Å². The molecule has 0 aromatic rings. The van der Waals surface area contributed by atoms with Crippen molar-refractivity contribution < 1.29 is 0 Å². The average molecular weight is 239 g/mol.